The molecule has 2 heterocycles. The van der Waals surface area contributed by atoms with E-state index in [9.17, 15) is 5.11 Å². The lowest BCUT2D eigenvalue weighted by atomic mass is 9.56. The molecule has 0 bridgehead atoms. The second kappa shape index (κ2) is 9.60. The van der Waals surface area contributed by atoms with Crippen molar-refractivity contribution < 1.29 is 9.84 Å². The van der Waals surface area contributed by atoms with Gasteiger partial charge in [0.15, 0.2) is 0 Å². The van der Waals surface area contributed by atoms with Crippen molar-refractivity contribution >= 4 is 11.6 Å². The van der Waals surface area contributed by atoms with Gasteiger partial charge >= 0.3 is 0 Å². The molecule has 9 atom stereocenters. The van der Waals surface area contributed by atoms with Crippen LogP contribution in [0.25, 0.3) is 0 Å². The summed E-state index contributed by atoms with van der Waals surface area (Å²) in [5, 5.41) is 10.3. The van der Waals surface area contributed by atoms with Gasteiger partial charge in [0, 0.05) is 25.0 Å². The number of aliphatic hydroxyl groups excluding tert-OH is 1. The van der Waals surface area contributed by atoms with Crippen LogP contribution in [0.3, 0.4) is 0 Å². The van der Waals surface area contributed by atoms with E-state index in [0.717, 1.165) is 50.8 Å². The van der Waals surface area contributed by atoms with Gasteiger partial charge in [-0.1, -0.05) is 38.0 Å². The summed E-state index contributed by atoms with van der Waals surface area (Å²) >= 11 is 6.23. The van der Waals surface area contributed by atoms with Gasteiger partial charge in [-0.05, 0) is 98.9 Å². The molecule has 1 N–H and O–H groups in total. The largest absolute Gasteiger partial charge is 0.393 e. The molecule has 33 heavy (non-hydrogen) atoms. The fraction of sp³-hybridized carbons (Fsp3) is 0.862. The number of aliphatic hydroxyl groups is 1. The number of hydrogen-bond donors (Lipinski definition) is 1. The molecule has 186 valence electrons. The molecule has 6 unspecified atom stereocenters. The molecule has 0 amide bonds. The Kier molecular flexibility index (Phi) is 7.08. The van der Waals surface area contributed by atoms with E-state index in [1.807, 2.05) is 0 Å². The van der Waals surface area contributed by atoms with Crippen LogP contribution >= 0.6 is 11.6 Å². The van der Waals surface area contributed by atoms with Crippen LogP contribution in [-0.2, 0) is 4.74 Å². The zero-order valence-corrected chi connectivity index (χ0v) is 22.1. The fourth-order valence-corrected chi connectivity index (χ4v) is 8.98. The van der Waals surface area contributed by atoms with Crippen LogP contribution in [0, 0.1) is 35.0 Å². The van der Waals surface area contributed by atoms with Crippen LogP contribution in [0.4, 0.5) is 0 Å². The van der Waals surface area contributed by atoms with Gasteiger partial charge < -0.3 is 9.84 Å². The third-order valence-corrected chi connectivity index (χ3v) is 10.7. The van der Waals surface area contributed by atoms with E-state index >= 15 is 0 Å². The molecule has 3 aliphatic carbocycles. The van der Waals surface area contributed by atoms with Crippen LogP contribution in [0.2, 0.25) is 0 Å². The van der Waals surface area contributed by atoms with E-state index in [1.165, 1.54) is 37.7 Å². The maximum atomic E-state index is 10.3. The van der Waals surface area contributed by atoms with Crippen molar-refractivity contribution in [1.82, 2.24) is 4.90 Å². The Morgan fingerprint density at radius 3 is 2.82 bits per heavy atom. The zero-order valence-electron chi connectivity index (χ0n) is 21.4. The van der Waals surface area contributed by atoms with E-state index < -0.39 is 0 Å². The Morgan fingerprint density at radius 2 is 2.03 bits per heavy atom. The molecule has 3 nitrogen and oxygen atoms in total. The summed E-state index contributed by atoms with van der Waals surface area (Å²) in [6, 6.07) is 0.502. The number of nitrogens with zero attached hydrogens (tertiary/aromatic N) is 1. The Balaban J connectivity index is 1.42. The van der Waals surface area contributed by atoms with Gasteiger partial charge in [0.2, 0.25) is 0 Å². The number of alkyl halides is 1. The third-order valence-electron chi connectivity index (χ3n) is 10.5. The Bertz CT molecular complexity index is 792. The highest BCUT2D eigenvalue weighted by atomic mass is 35.5. The molecule has 2 aliphatic heterocycles. The first-order valence-corrected chi connectivity index (χ1v) is 14.3. The van der Waals surface area contributed by atoms with Gasteiger partial charge in [-0.15, -0.1) is 11.6 Å². The van der Waals surface area contributed by atoms with Gasteiger partial charge in [-0.25, -0.2) is 0 Å². The first kappa shape index (κ1) is 24.3. The predicted molar refractivity (Wildman–Crippen MR) is 136 cm³/mol. The number of piperidine rings is 1. The Hall–Kier alpha value is -0.350. The van der Waals surface area contributed by atoms with Crippen LogP contribution < -0.4 is 0 Å². The lowest BCUT2D eigenvalue weighted by molar-refractivity contribution is -0.0703. The van der Waals surface area contributed by atoms with E-state index in [0.29, 0.717) is 35.8 Å². The molecule has 0 spiro atoms. The topological polar surface area (TPSA) is 32.7 Å². The lowest BCUT2D eigenvalue weighted by Gasteiger charge is -2.49. The smallest absolute Gasteiger partial charge is 0.0740 e. The molecule has 5 aliphatic rings. The normalized spacial score (nSPS) is 48.8. The van der Waals surface area contributed by atoms with E-state index in [-0.39, 0.29) is 11.5 Å². The molecule has 5 rings (SSSR count). The third kappa shape index (κ3) is 4.39. The second-order valence-corrected chi connectivity index (χ2v) is 13.0. The SMILES string of the molecule is C/C1=C2\C[C@H]3C(CC=C4CC(O)CCC43C)C2CC[C@H](C)C2[C@@H](CC(C)CN2CCCl)OC1. The van der Waals surface area contributed by atoms with Crippen LogP contribution in [0.5, 0.6) is 0 Å². The number of likely N-dealkylation sites (tertiary alicyclic amines) is 1. The highest BCUT2D eigenvalue weighted by molar-refractivity contribution is 6.18. The average molecular weight is 476 g/mol. The van der Waals surface area contributed by atoms with Crippen molar-refractivity contribution in [3.05, 3.63) is 22.8 Å². The van der Waals surface area contributed by atoms with Crippen molar-refractivity contribution in [3.63, 3.8) is 0 Å². The molecule has 3 fully saturated rings. The van der Waals surface area contributed by atoms with Gasteiger partial charge in [-0.2, -0.15) is 0 Å². The number of hydrogen-bond acceptors (Lipinski definition) is 3. The minimum atomic E-state index is -0.125. The maximum Gasteiger partial charge on any atom is 0.0740 e. The van der Waals surface area contributed by atoms with E-state index in [2.05, 4.69) is 38.7 Å². The summed E-state index contributed by atoms with van der Waals surface area (Å²) in [7, 11) is 0. The monoisotopic (exact) mass is 475 g/mol. The summed E-state index contributed by atoms with van der Waals surface area (Å²) in [5.41, 5.74) is 5.10. The van der Waals surface area contributed by atoms with E-state index in [1.54, 1.807) is 11.1 Å². The average Bonchev–Trinajstić information content (AvgIpc) is 3.16. The summed E-state index contributed by atoms with van der Waals surface area (Å²) in [5.74, 6) is 4.24. The van der Waals surface area contributed by atoms with Crippen molar-refractivity contribution in [2.75, 3.05) is 25.6 Å². The maximum absolute atomic E-state index is 10.3. The fourth-order valence-electron chi connectivity index (χ4n) is 8.77. The number of fused-ring (bicyclic) bond motifs is 6. The minimum absolute atomic E-state index is 0.125. The molecule has 0 aromatic carbocycles. The molecule has 0 aromatic rings. The summed E-state index contributed by atoms with van der Waals surface area (Å²) in [6.45, 7) is 12.7. The van der Waals surface area contributed by atoms with Crippen molar-refractivity contribution in [2.45, 2.75) is 97.3 Å². The predicted octanol–water partition coefficient (Wildman–Crippen LogP) is 6.20. The van der Waals surface area contributed by atoms with E-state index in [4.69, 9.17) is 16.3 Å². The molecule has 0 aromatic heterocycles. The Morgan fingerprint density at radius 1 is 1.21 bits per heavy atom. The van der Waals surface area contributed by atoms with Gasteiger partial charge in [0.25, 0.3) is 0 Å². The van der Waals surface area contributed by atoms with Crippen LogP contribution in [-0.4, -0.2) is 53.8 Å². The quantitative estimate of drug-likeness (QED) is 0.381. The Labute approximate surface area is 207 Å². The van der Waals surface area contributed by atoms with Crippen molar-refractivity contribution in [3.8, 4) is 0 Å². The summed E-state index contributed by atoms with van der Waals surface area (Å²) in [4.78, 5) is 2.65. The highest BCUT2D eigenvalue weighted by Gasteiger charge is 2.53. The van der Waals surface area contributed by atoms with Gasteiger partial charge in [-0.3, -0.25) is 4.90 Å². The number of allylic oxidation sites excluding steroid dienone is 2. The number of halogens is 1. The number of rotatable bonds is 2. The lowest BCUT2D eigenvalue weighted by Crippen LogP contribution is -2.55. The first-order valence-electron chi connectivity index (χ1n) is 13.8. The number of ether oxygens (including phenoxy) is 1. The van der Waals surface area contributed by atoms with Crippen LogP contribution in [0.15, 0.2) is 22.8 Å². The highest BCUT2D eigenvalue weighted by Crippen LogP contribution is 2.62. The molecule has 0 radical (unpaired) electrons. The second-order valence-electron chi connectivity index (χ2n) is 12.6. The molecule has 1 saturated heterocycles. The summed E-state index contributed by atoms with van der Waals surface area (Å²) in [6.07, 6.45) is 12.0. The van der Waals surface area contributed by atoms with Crippen LogP contribution in [0.1, 0.15) is 79.1 Å². The van der Waals surface area contributed by atoms with Gasteiger partial charge in [0.1, 0.15) is 0 Å². The zero-order chi connectivity index (χ0) is 23.3. The minimum Gasteiger partial charge on any atom is -0.393 e. The van der Waals surface area contributed by atoms with Crippen molar-refractivity contribution in [1.29, 1.82) is 0 Å². The molecular weight excluding hydrogens is 430 g/mol. The molecule has 2 saturated carbocycles. The molecular formula is C29H46ClNO2. The standard InChI is InChI=1S/C29H46ClNO2/c1-18-13-27-28(31(16-18)12-11-30)19(2)5-7-23-24-8-6-21-14-22(32)9-10-29(21,4)26(24)15-25(23)20(3)17-33-27/h6,18-19,22-24,26-28,32H,5,7-17H2,1-4H3/b25-20-/t18?,19-,22?,23?,24?,26-,27+,28?,29?/m0/s1. The first-order chi connectivity index (χ1) is 15.8. The van der Waals surface area contributed by atoms with Gasteiger partial charge in [0.05, 0.1) is 18.8 Å². The summed E-state index contributed by atoms with van der Waals surface area (Å²) < 4.78 is 6.77. The van der Waals surface area contributed by atoms with Crippen molar-refractivity contribution in [2.24, 2.45) is 35.0 Å². The molecule has 4 heteroatoms.